The third-order valence-corrected chi connectivity index (χ3v) is 4.39. The summed E-state index contributed by atoms with van der Waals surface area (Å²) in [6, 6.07) is 7.57. The number of piperidine rings is 1. The Bertz CT molecular complexity index is 446. The molecule has 2 N–H and O–H groups in total. The molecular formula is C16H23ClN2O. The minimum atomic E-state index is -0.0524. The van der Waals surface area contributed by atoms with E-state index in [4.69, 9.17) is 11.6 Å². The summed E-state index contributed by atoms with van der Waals surface area (Å²) in [4.78, 5) is 12.3. The van der Waals surface area contributed by atoms with E-state index in [1.54, 1.807) is 0 Å². The second-order valence-corrected chi connectivity index (χ2v) is 6.02. The number of carbonyl (C=O) groups is 1. The van der Waals surface area contributed by atoms with Gasteiger partial charge in [-0.15, -0.1) is 0 Å². The van der Waals surface area contributed by atoms with Crippen LogP contribution >= 0.6 is 11.6 Å². The second-order valence-electron chi connectivity index (χ2n) is 5.59. The lowest BCUT2D eigenvalue weighted by atomic mass is 9.90. The van der Waals surface area contributed by atoms with Crippen LogP contribution in [0.5, 0.6) is 0 Å². The van der Waals surface area contributed by atoms with Crippen molar-refractivity contribution in [1.29, 1.82) is 0 Å². The molecule has 0 saturated carbocycles. The first kappa shape index (κ1) is 15.3. The minimum Gasteiger partial charge on any atom is -0.348 e. The smallest absolute Gasteiger partial charge is 0.237 e. The Kier molecular flexibility index (Phi) is 5.44. The quantitative estimate of drug-likeness (QED) is 0.894. The van der Waals surface area contributed by atoms with Gasteiger partial charge in [-0.2, -0.15) is 0 Å². The van der Waals surface area contributed by atoms with Gasteiger partial charge in [0.15, 0.2) is 0 Å². The predicted octanol–water partition coefficient (Wildman–Crippen LogP) is 3.30. The Balaban J connectivity index is 1.91. The average molecular weight is 295 g/mol. The van der Waals surface area contributed by atoms with Gasteiger partial charge >= 0.3 is 0 Å². The molecule has 0 spiro atoms. The first-order valence-electron chi connectivity index (χ1n) is 7.39. The molecule has 1 aromatic rings. The normalized spacial score (nSPS) is 24.1. The third kappa shape index (κ3) is 3.97. The highest BCUT2D eigenvalue weighted by molar-refractivity contribution is 6.30. The Hall–Kier alpha value is -1.06. The van der Waals surface area contributed by atoms with Crippen LogP contribution in [0, 0.1) is 5.92 Å². The molecule has 1 aliphatic heterocycles. The van der Waals surface area contributed by atoms with Crippen molar-refractivity contribution in [3.8, 4) is 0 Å². The summed E-state index contributed by atoms with van der Waals surface area (Å²) in [6.07, 6.45) is 3.26. The summed E-state index contributed by atoms with van der Waals surface area (Å²) in [5.74, 6) is 0.767. The zero-order valence-corrected chi connectivity index (χ0v) is 12.9. The molecule has 4 heteroatoms. The van der Waals surface area contributed by atoms with E-state index in [1.807, 2.05) is 31.2 Å². The van der Waals surface area contributed by atoms with Crippen molar-refractivity contribution in [3.63, 3.8) is 0 Å². The van der Waals surface area contributed by atoms with Crippen LogP contribution in [0.2, 0.25) is 5.02 Å². The van der Waals surface area contributed by atoms with Gasteiger partial charge in [0.05, 0.1) is 12.1 Å². The number of hydrogen-bond acceptors (Lipinski definition) is 2. The summed E-state index contributed by atoms with van der Waals surface area (Å²) in [5.41, 5.74) is 1.07. The van der Waals surface area contributed by atoms with E-state index in [2.05, 4.69) is 17.6 Å². The van der Waals surface area contributed by atoms with Gasteiger partial charge in [0, 0.05) is 5.02 Å². The van der Waals surface area contributed by atoms with Crippen molar-refractivity contribution in [3.05, 3.63) is 34.9 Å². The molecule has 0 radical (unpaired) electrons. The molecule has 1 aromatic carbocycles. The van der Waals surface area contributed by atoms with Crippen molar-refractivity contribution in [2.24, 2.45) is 5.92 Å². The lowest BCUT2D eigenvalue weighted by molar-refractivity contribution is -0.124. The Labute approximate surface area is 126 Å². The first-order valence-corrected chi connectivity index (χ1v) is 7.77. The van der Waals surface area contributed by atoms with E-state index < -0.39 is 0 Å². The molecule has 0 bridgehead atoms. The first-order chi connectivity index (χ1) is 9.60. The van der Waals surface area contributed by atoms with Crippen LogP contribution in [0.25, 0.3) is 0 Å². The maximum Gasteiger partial charge on any atom is 0.237 e. The molecule has 20 heavy (non-hydrogen) atoms. The molecule has 3 atom stereocenters. The summed E-state index contributed by atoms with van der Waals surface area (Å²) >= 11 is 5.88. The van der Waals surface area contributed by atoms with Crippen LogP contribution in [0.1, 0.15) is 44.7 Å². The summed E-state index contributed by atoms with van der Waals surface area (Å²) in [7, 11) is 0. The van der Waals surface area contributed by atoms with E-state index in [0.29, 0.717) is 10.9 Å². The lowest BCUT2D eigenvalue weighted by Crippen LogP contribution is -2.49. The van der Waals surface area contributed by atoms with Crippen molar-refractivity contribution in [1.82, 2.24) is 10.6 Å². The van der Waals surface area contributed by atoms with Crippen molar-refractivity contribution in [2.75, 3.05) is 6.54 Å². The van der Waals surface area contributed by atoms with Crippen LogP contribution in [-0.4, -0.2) is 18.5 Å². The van der Waals surface area contributed by atoms with E-state index in [9.17, 15) is 4.79 Å². The highest BCUT2D eigenvalue weighted by atomic mass is 35.5. The van der Waals surface area contributed by atoms with Crippen LogP contribution < -0.4 is 10.6 Å². The molecular weight excluding hydrogens is 272 g/mol. The number of hydrogen-bond donors (Lipinski definition) is 2. The van der Waals surface area contributed by atoms with Gasteiger partial charge in [-0.1, -0.05) is 37.1 Å². The summed E-state index contributed by atoms with van der Waals surface area (Å²) in [5, 5.41) is 7.12. The van der Waals surface area contributed by atoms with E-state index in [1.165, 1.54) is 6.42 Å². The average Bonchev–Trinajstić information content (AvgIpc) is 2.47. The van der Waals surface area contributed by atoms with Crippen LogP contribution in [0.3, 0.4) is 0 Å². The highest BCUT2D eigenvalue weighted by Crippen LogP contribution is 2.21. The molecule has 0 aromatic heterocycles. The standard InChI is InChI=1S/C16H23ClN2O/c1-3-12-8-9-18-15(10-12)16(20)19-11(2)13-4-6-14(17)7-5-13/h4-7,11-12,15,18H,3,8-10H2,1-2H3,(H,19,20). The van der Waals surface area contributed by atoms with Gasteiger partial charge in [-0.25, -0.2) is 0 Å². The Morgan fingerprint density at radius 2 is 2.15 bits per heavy atom. The zero-order valence-electron chi connectivity index (χ0n) is 12.2. The van der Waals surface area contributed by atoms with Gasteiger partial charge in [-0.3, -0.25) is 4.79 Å². The highest BCUT2D eigenvalue weighted by Gasteiger charge is 2.26. The number of halogens is 1. The molecule has 1 saturated heterocycles. The zero-order chi connectivity index (χ0) is 14.5. The number of nitrogens with one attached hydrogen (secondary N) is 2. The molecule has 1 aliphatic rings. The topological polar surface area (TPSA) is 41.1 Å². The summed E-state index contributed by atoms with van der Waals surface area (Å²) in [6.45, 7) is 5.13. The monoisotopic (exact) mass is 294 g/mol. The van der Waals surface area contributed by atoms with E-state index in [0.717, 1.165) is 24.9 Å². The number of carbonyl (C=O) groups excluding carboxylic acids is 1. The Morgan fingerprint density at radius 3 is 2.80 bits per heavy atom. The number of benzene rings is 1. The minimum absolute atomic E-state index is 0.00331. The van der Waals surface area contributed by atoms with Crippen LogP contribution in [0.15, 0.2) is 24.3 Å². The molecule has 3 nitrogen and oxygen atoms in total. The molecule has 1 amide bonds. The predicted molar refractivity (Wildman–Crippen MR) is 82.8 cm³/mol. The second kappa shape index (κ2) is 7.09. The Morgan fingerprint density at radius 1 is 1.45 bits per heavy atom. The fourth-order valence-corrected chi connectivity index (χ4v) is 2.84. The number of amides is 1. The van der Waals surface area contributed by atoms with Gasteiger partial charge < -0.3 is 10.6 Å². The fraction of sp³-hybridized carbons (Fsp3) is 0.562. The maximum absolute atomic E-state index is 12.3. The molecule has 2 rings (SSSR count). The van der Waals surface area contributed by atoms with Crippen molar-refractivity contribution >= 4 is 17.5 Å². The lowest BCUT2D eigenvalue weighted by Gasteiger charge is -2.29. The van der Waals surface area contributed by atoms with Crippen LogP contribution in [0.4, 0.5) is 0 Å². The van der Waals surface area contributed by atoms with Crippen molar-refractivity contribution in [2.45, 2.75) is 45.2 Å². The van der Waals surface area contributed by atoms with Crippen LogP contribution in [-0.2, 0) is 4.79 Å². The SMILES string of the molecule is CCC1CCNC(C(=O)NC(C)c2ccc(Cl)cc2)C1. The summed E-state index contributed by atoms with van der Waals surface area (Å²) < 4.78 is 0. The van der Waals surface area contributed by atoms with Crippen molar-refractivity contribution < 1.29 is 4.79 Å². The van der Waals surface area contributed by atoms with Gasteiger partial charge in [-0.05, 0) is 49.9 Å². The van der Waals surface area contributed by atoms with Gasteiger partial charge in [0.2, 0.25) is 5.91 Å². The van der Waals surface area contributed by atoms with Gasteiger partial charge in [0.25, 0.3) is 0 Å². The molecule has 3 unspecified atom stereocenters. The van der Waals surface area contributed by atoms with E-state index >= 15 is 0 Å². The molecule has 1 fully saturated rings. The fourth-order valence-electron chi connectivity index (χ4n) is 2.72. The molecule has 0 aliphatic carbocycles. The maximum atomic E-state index is 12.3. The largest absolute Gasteiger partial charge is 0.348 e. The van der Waals surface area contributed by atoms with Gasteiger partial charge in [0.1, 0.15) is 0 Å². The third-order valence-electron chi connectivity index (χ3n) is 4.13. The molecule has 1 heterocycles. The number of rotatable bonds is 4. The molecule has 110 valence electrons. The van der Waals surface area contributed by atoms with E-state index in [-0.39, 0.29) is 18.0 Å².